The van der Waals surface area contributed by atoms with Gasteiger partial charge in [0.25, 0.3) is 0 Å². The van der Waals surface area contributed by atoms with Crippen LogP contribution in [0, 0.1) is 0 Å². The van der Waals surface area contributed by atoms with E-state index in [-0.39, 0.29) is 18.4 Å². The Balaban J connectivity index is 3.49. The molecule has 0 aromatic carbocycles. The predicted molar refractivity (Wildman–Crippen MR) is 92.0 cm³/mol. The molecule has 0 aliphatic rings. The highest BCUT2D eigenvalue weighted by Crippen LogP contribution is 2.09. The van der Waals surface area contributed by atoms with Crippen LogP contribution in [0.25, 0.3) is 0 Å². The minimum Gasteiger partial charge on any atom is -0.466 e. The Bertz CT molecular complexity index is 259. The van der Waals surface area contributed by atoms with Crippen molar-refractivity contribution >= 4 is 57.1 Å². The van der Waals surface area contributed by atoms with E-state index in [1.165, 1.54) is 0 Å². The van der Waals surface area contributed by atoms with Crippen LogP contribution in [0.4, 0.5) is 0 Å². The topological polar surface area (TPSA) is 52.6 Å². The van der Waals surface area contributed by atoms with Gasteiger partial charge in [0.15, 0.2) is 0 Å². The number of hydrogen-bond acceptors (Lipinski definition) is 4. The fourth-order valence-corrected chi connectivity index (χ4v) is 3.67. The van der Waals surface area contributed by atoms with Crippen molar-refractivity contribution in [2.45, 2.75) is 49.4 Å². The van der Waals surface area contributed by atoms with Crippen LogP contribution in [0.2, 0.25) is 0 Å². The number of carbonyl (C=O) groups excluding carboxylic acids is 2. The SMILES string of the molecule is CCCCOC(=O)CCCC(=O)OCC(I)CCI. The standard InChI is InChI=1S/C13H22I2O4/c1-2-3-9-18-12(16)5-4-6-13(17)19-10-11(15)7-8-14/h11H,2-10H2,1H3. The highest BCUT2D eigenvalue weighted by Gasteiger charge is 2.09. The molecule has 0 radical (unpaired) electrons. The van der Waals surface area contributed by atoms with Crippen molar-refractivity contribution in [3.05, 3.63) is 0 Å². The van der Waals surface area contributed by atoms with Crippen molar-refractivity contribution in [3.63, 3.8) is 0 Å². The highest BCUT2D eigenvalue weighted by molar-refractivity contribution is 14.1. The van der Waals surface area contributed by atoms with Gasteiger partial charge in [-0.15, -0.1) is 0 Å². The molecular weight excluding hydrogens is 474 g/mol. The van der Waals surface area contributed by atoms with E-state index < -0.39 is 0 Å². The van der Waals surface area contributed by atoms with Gasteiger partial charge in [-0.1, -0.05) is 58.5 Å². The van der Waals surface area contributed by atoms with Gasteiger partial charge in [0.05, 0.1) is 6.61 Å². The number of ether oxygens (including phenoxy) is 2. The Labute approximate surface area is 142 Å². The van der Waals surface area contributed by atoms with Crippen molar-refractivity contribution in [3.8, 4) is 0 Å². The van der Waals surface area contributed by atoms with Gasteiger partial charge in [-0.25, -0.2) is 0 Å². The second kappa shape index (κ2) is 13.4. The second-order valence-electron chi connectivity index (χ2n) is 4.19. The summed E-state index contributed by atoms with van der Waals surface area (Å²) in [5.74, 6) is -0.450. The van der Waals surface area contributed by atoms with Crippen LogP contribution in [-0.2, 0) is 19.1 Å². The predicted octanol–water partition coefficient (Wildman–Crippen LogP) is 3.67. The molecule has 6 heteroatoms. The third kappa shape index (κ3) is 13.1. The molecule has 0 saturated heterocycles. The first-order chi connectivity index (χ1) is 9.10. The van der Waals surface area contributed by atoms with Crippen LogP contribution in [-0.4, -0.2) is 33.5 Å². The van der Waals surface area contributed by atoms with Gasteiger partial charge in [-0.2, -0.15) is 0 Å². The van der Waals surface area contributed by atoms with E-state index in [4.69, 9.17) is 9.47 Å². The van der Waals surface area contributed by atoms with Crippen LogP contribution in [0.15, 0.2) is 0 Å². The maximum atomic E-state index is 11.4. The summed E-state index contributed by atoms with van der Waals surface area (Å²) < 4.78 is 11.6. The summed E-state index contributed by atoms with van der Waals surface area (Å²) in [4.78, 5) is 22.7. The van der Waals surface area contributed by atoms with Crippen LogP contribution >= 0.6 is 45.2 Å². The number of esters is 2. The Morgan fingerprint density at radius 1 is 1.11 bits per heavy atom. The summed E-state index contributed by atoms with van der Waals surface area (Å²) in [5.41, 5.74) is 0. The first kappa shape index (κ1) is 19.4. The van der Waals surface area contributed by atoms with Crippen molar-refractivity contribution in [1.29, 1.82) is 0 Å². The monoisotopic (exact) mass is 496 g/mol. The third-order valence-corrected chi connectivity index (χ3v) is 3.98. The van der Waals surface area contributed by atoms with Crippen LogP contribution in [0.1, 0.15) is 45.4 Å². The van der Waals surface area contributed by atoms with Gasteiger partial charge in [0, 0.05) is 21.2 Å². The minimum atomic E-state index is -0.225. The molecule has 0 bridgehead atoms. The van der Waals surface area contributed by atoms with Crippen LogP contribution < -0.4 is 0 Å². The molecule has 0 aromatic heterocycles. The van der Waals surface area contributed by atoms with Crippen molar-refractivity contribution in [2.75, 3.05) is 17.6 Å². The quantitative estimate of drug-likeness (QED) is 0.190. The molecule has 0 aromatic rings. The first-order valence-electron chi connectivity index (χ1n) is 6.61. The fraction of sp³-hybridized carbons (Fsp3) is 0.846. The Hall–Kier alpha value is 0.400. The summed E-state index contributed by atoms with van der Waals surface area (Å²) in [6.45, 7) is 2.98. The molecule has 112 valence electrons. The van der Waals surface area contributed by atoms with Gasteiger partial charge < -0.3 is 9.47 Å². The number of hydrogen-bond donors (Lipinski definition) is 0. The molecule has 0 aliphatic heterocycles. The number of rotatable bonds is 11. The van der Waals surface area contributed by atoms with E-state index in [1.54, 1.807) is 0 Å². The lowest BCUT2D eigenvalue weighted by Gasteiger charge is -2.09. The molecular formula is C13H22I2O4. The number of unbranched alkanes of at least 4 members (excludes halogenated alkanes) is 1. The van der Waals surface area contributed by atoms with E-state index in [1.807, 2.05) is 6.92 Å². The first-order valence-corrected chi connectivity index (χ1v) is 9.38. The molecule has 19 heavy (non-hydrogen) atoms. The van der Waals surface area contributed by atoms with Crippen molar-refractivity contribution in [1.82, 2.24) is 0 Å². The smallest absolute Gasteiger partial charge is 0.305 e. The maximum absolute atomic E-state index is 11.4. The molecule has 0 rings (SSSR count). The highest BCUT2D eigenvalue weighted by atomic mass is 127. The van der Waals surface area contributed by atoms with Gasteiger partial charge in [-0.3, -0.25) is 9.59 Å². The van der Waals surface area contributed by atoms with Crippen LogP contribution in [0.3, 0.4) is 0 Å². The molecule has 0 spiro atoms. The molecule has 1 unspecified atom stereocenters. The van der Waals surface area contributed by atoms with Crippen molar-refractivity contribution in [2.24, 2.45) is 0 Å². The van der Waals surface area contributed by atoms with E-state index in [0.29, 0.717) is 30.0 Å². The summed E-state index contributed by atoms with van der Waals surface area (Å²) in [5, 5.41) is 0. The summed E-state index contributed by atoms with van der Waals surface area (Å²) in [6.07, 6.45) is 4.02. The molecule has 0 N–H and O–H groups in total. The van der Waals surface area contributed by atoms with Gasteiger partial charge in [-0.05, 0) is 19.3 Å². The maximum Gasteiger partial charge on any atom is 0.305 e. The second-order valence-corrected chi connectivity index (χ2v) is 7.03. The zero-order valence-corrected chi connectivity index (χ0v) is 15.6. The molecule has 0 aliphatic carbocycles. The summed E-state index contributed by atoms with van der Waals surface area (Å²) in [7, 11) is 0. The van der Waals surface area contributed by atoms with Crippen molar-refractivity contribution < 1.29 is 19.1 Å². The van der Waals surface area contributed by atoms with Gasteiger partial charge >= 0.3 is 11.9 Å². The number of carbonyl (C=O) groups is 2. The Morgan fingerprint density at radius 2 is 1.74 bits per heavy atom. The third-order valence-electron chi connectivity index (χ3n) is 2.37. The average molecular weight is 496 g/mol. The normalized spacial score (nSPS) is 11.9. The Kier molecular flexibility index (Phi) is 13.7. The van der Waals surface area contributed by atoms with E-state index >= 15 is 0 Å². The molecule has 0 saturated carbocycles. The lowest BCUT2D eigenvalue weighted by Crippen LogP contribution is -2.14. The molecule has 0 heterocycles. The largest absolute Gasteiger partial charge is 0.466 e. The van der Waals surface area contributed by atoms with E-state index in [0.717, 1.165) is 23.7 Å². The van der Waals surface area contributed by atoms with Gasteiger partial charge in [0.2, 0.25) is 0 Å². The zero-order valence-electron chi connectivity index (χ0n) is 11.3. The average Bonchev–Trinajstić information content (AvgIpc) is 2.37. The van der Waals surface area contributed by atoms with E-state index in [2.05, 4.69) is 45.2 Å². The summed E-state index contributed by atoms with van der Waals surface area (Å²) >= 11 is 4.59. The summed E-state index contributed by atoms with van der Waals surface area (Å²) in [6, 6.07) is 0. The molecule has 1 atom stereocenters. The molecule has 4 nitrogen and oxygen atoms in total. The number of halogens is 2. The Morgan fingerprint density at radius 3 is 2.32 bits per heavy atom. The fourth-order valence-electron chi connectivity index (χ4n) is 1.24. The number of alkyl halides is 2. The van der Waals surface area contributed by atoms with Gasteiger partial charge in [0.1, 0.15) is 6.61 Å². The van der Waals surface area contributed by atoms with E-state index in [9.17, 15) is 9.59 Å². The molecule has 0 fully saturated rings. The molecule has 0 amide bonds. The minimum absolute atomic E-state index is 0.224. The zero-order chi connectivity index (χ0) is 14.5. The lowest BCUT2D eigenvalue weighted by molar-refractivity contribution is -0.145. The lowest BCUT2D eigenvalue weighted by atomic mass is 10.2. The van der Waals surface area contributed by atoms with Crippen LogP contribution in [0.5, 0.6) is 0 Å².